The van der Waals surface area contributed by atoms with E-state index in [4.69, 9.17) is 21.2 Å². The second-order valence-electron chi connectivity index (χ2n) is 22.3. The van der Waals surface area contributed by atoms with Gasteiger partial charge in [-0.25, -0.2) is 15.4 Å². The minimum Gasteiger partial charge on any atom is -0.396 e. The van der Waals surface area contributed by atoms with Gasteiger partial charge in [0.05, 0.1) is 13.2 Å². The summed E-state index contributed by atoms with van der Waals surface area (Å²) in [6.45, 7) is 62.3. The van der Waals surface area contributed by atoms with Gasteiger partial charge in [-0.05, 0) is 113 Å². The number of likely N-dealkylation sites (tertiary alicyclic amines) is 1. The molecule has 80 heavy (non-hydrogen) atoms. The third-order valence-corrected chi connectivity index (χ3v) is 11.2. The summed E-state index contributed by atoms with van der Waals surface area (Å²) in [5.74, 6) is 2.41. The zero-order valence-corrected chi connectivity index (χ0v) is 58.2. The molecule has 0 atom stereocenters. The number of alkyl halides is 2. The zero-order valence-electron chi connectivity index (χ0n) is 57.4. The number of primary amides is 1. The normalized spacial score (nSPS) is 15.9. The van der Waals surface area contributed by atoms with Gasteiger partial charge in [0.25, 0.3) is 0 Å². The zero-order chi connectivity index (χ0) is 64.9. The molecule has 4 aliphatic heterocycles. The van der Waals surface area contributed by atoms with Gasteiger partial charge in [-0.2, -0.15) is 11.8 Å². The Morgan fingerprint density at radius 1 is 0.700 bits per heavy atom. The van der Waals surface area contributed by atoms with Crippen LogP contribution in [0.15, 0.2) is 0 Å². The molecule has 0 aromatic rings. The Balaban J connectivity index is -0.0000000983. The van der Waals surface area contributed by atoms with Crippen LogP contribution in [0.3, 0.4) is 0 Å². The number of rotatable bonds is 6. The quantitative estimate of drug-likeness (QED) is 0.242. The predicted octanol–water partition coefficient (Wildman–Crippen LogP) is 10.3. The first-order valence-corrected chi connectivity index (χ1v) is 30.9. The first-order valence-electron chi connectivity index (χ1n) is 29.3. The lowest BCUT2D eigenvalue weighted by Crippen LogP contribution is -2.46. The van der Waals surface area contributed by atoms with Gasteiger partial charge < -0.3 is 54.6 Å². The third kappa shape index (κ3) is 107. The molecule has 5 aliphatic rings. The fourth-order valence-electron chi connectivity index (χ4n) is 4.58. The number of carbonyl (C=O) groups excluding carboxylic acids is 4. The van der Waals surface area contributed by atoms with E-state index < -0.39 is 6.43 Å². The molecule has 4 saturated heterocycles. The molecule has 3 N–H and O–H groups in total. The van der Waals surface area contributed by atoms with E-state index in [1.807, 2.05) is 72.8 Å². The van der Waals surface area contributed by atoms with Crippen molar-refractivity contribution in [1.29, 1.82) is 0 Å². The minimum atomic E-state index is -2.17. The number of piperazine rings is 2. The van der Waals surface area contributed by atoms with Gasteiger partial charge in [-0.1, -0.05) is 103 Å². The summed E-state index contributed by atoms with van der Waals surface area (Å²) in [6.07, 6.45) is 6.89. The number of ether oxygens (including phenoxy) is 2. The number of aliphatic hydroxyl groups is 1. The summed E-state index contributed by atoms with van der Waals surface area (Å²) in [5.41, 5.74) is 4.19. The van der Waals surface area contributed by atoms with E-state index in [1.54, 1.807) is 39.6 Å². The van der Waals surface area contributed by atoms with Gasteiger partial charge in [0, 0.05) is 130 Å². The highest BCUT2D eigenvalue weighted by Crippen LogP contribution is 2.26. The Morgan fingerprint density at radius 3 is 1.10 bits per heavy atom. The molecule has 0 aromatic heterocycles. The topological polar surface area (TPSA) is 160 Å². The summed E-state index contributed by atoms with van der Waals surface area (Å²) < 4.78 is 30.5. The molecule has 0 aromatic carbocycles. The van der Waals surface area contributed by atoms with Crippen molar-refractivity contribution in [2.75, 3.05) is 186 Å². The van der Waals surface area contributed by atoms with Crippen LogP contribution in [0, 0.1) is 29.2 Å². The highest BCUT2D eigenvalue weighted by molar-refractivity contribution is 7.97. The Labute approximate surface area is 499 Å². The fraction of sp³-hybridized carbons (Fsp3) is 0.918. The SMILES string of the molecule is CC(=O)C(C)(C)C.CC(=O)C(C)(C)C.CC(=O)N1CCN(C)CC1.CC(F)F.CC(N)=O.CC1CC1.CC1CN(C)C1.CCCO.CCCOC.CCN(C)C.CCN1CCN(C)CC1.CCN1CCOCC1.CSC.[C-]#[N+]CC. The Bertz CT molecular complexity index is 1290. The van der Waals surface area contributed by atoms with Crippen LogP contribution in [0.2, 0.25) is 0 Å². The van der Waals surface area contributed by atoms with Crippen LogP contribution in [0.4, 0.5) is 8.78 Å². The van der Waals surface area contributed by atoms with E-state index in [1.165, 1.54) is 72.1 Å². The van der Waals surface area contributed by atoms with Crippen molar-refractivity contribution in [3.8, 4) is 0 Å². The van der Waals surface area contributed by atoms with E-state index in [2.05, 4.69) is 117 Å². The maximum atomic E-state index is 10.8. The largest absolute Gasteiger partial charge is 0.396 e. The lowest BCUT2D eigenvalue weighted by Gasteiger charge is -2.33. The van der Waals surface area contributed by atoms with Crippen LogP contribution in [-0.2, 0) is 28.7 Å². The number of hydrogen-bond acceptors (Lipinski definition) is 14. The summed E-state index contributed by atoms with van der Waals surface area (Å²) in [5, 5.41) is 7.88. The van der Waals surface area contributed by atoms with E-state index >= 15 is 0 Å². The van der Waals surface area contributed by atoms with Crippen molar-refractivity contribution in [3.63, 3.8) is 0 Å². The molecule has 0 bridgehead atoms. The number of hydrogen-bond donors (Lipinski definition) is 2. The molecule has 0 unspecified atom stereocenters. The number of carbonyl (C=O) groups is 4. The first kappa shape index (κ1) is 96.8. The molecule has 16 nitrogen and oxygen atoms in total. The Kier molecular flexibility index (Phi) is 83.6. The number of thioether (sulfide) groups is 1. The van der Waals surface area contributed by atoms with Crippen molar-refractivity contribution < 1.29 is 42.5 Å². The van der Waals surface area contributed by atoms with Gasteiger partial charge in [0.15, 0.2) is 0 Å². The van der Waals surface area contributed by atoms with E-state index in [0.29, 0.717) is 13.2 Å². The number of Topliss-reactive ketones (excluding diaryl/α,β-unsaturated/α-hetero) is 2. The average Bonchev–Trinajstić information content (AvgIpc) is 4.17. The van der Waals surface area contributed by atoms with E-state index in [9.17, 15) is 28.0 Å². The third-order valence-electron chi connectivity index (χ3n) is 11.2. The lowest BCUT2D eigenvalue weighted by molar-refractivity contribution is -0.130. The van der Waals surface area contributed by atoms with Crippen molar-refractivity contribution in [3.05, 3.63) is 11.4 Å². The lowest BCUT2D eigenvalue weighted by atomic mass is 9.92. The highest BCUT2D eigenvalue weighted by atomic mass is 32.2. The van der Waals surface area contributed by atoms with Gasteiger partial charge in [-0.15, -0.1) is 0 Å². The van der Waals surface area contributed by atoms with Gasteiger partial charge in [0.1, 0.15) is 11.6 Å². The maximum Gasteiger partial charge on any atom is 0.235 e. The number of aliphatic hydroxyl groups excluding tert-OH is 1. The Hall–Kier alpha value is -2.38. The number of methoxy groups -OCH3 is 1. The highest BCUT2D eigenvalue weighted by Gasteiger charge is 2.18. The number of nitrogens with two attached hydrogens (primary N) is 1. The molecule has 1 aliphatic carbocycles. The predicted molar refractivity (Wildman–Crippen MR) is 345 cm³/mol. The van der Waals surface area contributed by atoms with Gasteiger partial charge in [0.2, 0.25) is 24.8 Å². The number of morpholine rings is 1. The van der Waals surface area contributed by atoms with Crippen LogP contribution in [0.25, 0.3) is 4.85 Å². The summed E-state index contributed by atoms with van der Waals surface area (Å²) in [4.78, 5) is 59.8. The molecule has 0 spiro atoms. The second kappa shape index (κ2) is 69.1. The number of ketones is 2. The van der Waals surface area contributed by atoms with Crippen LogP contribution in [0.5, 0.6) is 0 Å². The van der Waals surface area contributed by atoms with Crippen molar-refractivity contribution in [1.82, 2.24) is 34.3 Å². The molecule has 2 amide bonds. The molecular weight excluding hydrogens is 1040 g/mol. The van der Waals surface area contributed by atoms with Crippen LogP contribution >= 0.6 is 11.8 Å². The molecule has 19 heteroatoms. The standard InChI is InChI=1S/C7H14N2O.C7H16N2.C6H13NO.2C6H12O.C5H11N.C4H11N.C4H10O.C4H8.C3H5N.C3H8O.C2H4F2.C2H5NO.C2H6S/c1-7(10)9-5-3-8(2)4-6-9;1-3-9-6-4-8(2)5-7-9;1-2-7-3-5-8-6-4-7;2*1-5(7)6(2,3)4;1-5-3-6(2)4-5;1-4-5(2)3;1-3-4-5-2;1-4-2-3-4;1-3-4-2;1-2-3-4;2*1-2(3)4;1-3-2/h3-6H2,1-2H3;3-7H2,1-2H3;2-6H2,1H3;2*1-4H3;5H,3-4H2,1-2H3;4H2,1-3H3;3-4H2,1-2H3;4H,2-3H2,1H3;3H2,1H3;4H,2-3H2,1H3;2H,1H3;1H3,(H2,3,4);1-2H3. The van der Waals surface area contributed by atoms with E-state index in [-0.39, 0.29) is 34.2 Å². The monoisotopic (exact) mass is 1180 g/mol. The first-order chi connectivity index (χ1) is 36.9. The molecule has 4 heterocycles. The summed E-state index contributed by atoms with van der Waals surface area (Å²) in [7, 11) is 12.2. The number of halogens is 2. The molecular formula is C61H135F2N9O7S. The summed E-state index contributed by atoms with van der Waals surface area (Å²) >= 11 is 1.75. The number of amides is 2. The van der Waals surface area contributed by atoms with Crippen molar-refractivity contribution in [2.24, 2.45) is 28.4 Å². The number of likely N-dealkylation sites (N-methyl/N-ethyl adjacent to an activating group) is 4. The fourth-order valence-corrected chi connectivity index (χ4v) is 4.58. The molecule has 0 radical (unpaired) electrons. The van der Waals surface area contributed by atoms with Crippen LogP contribution in [-0.4, -0.2) is 255 Å². The molecule has 5 rings (SSSR count). The minimum absolute atomic E-state index is 0.139. The van der Waals surface area contributed by atoms with Crippen LogP contribution < -0.4 is 5.73 Å². The Morgan fingerprint density at radius 2 is 0.975 bits per heavy atom. The average molecular weight is 1180 g/mol. The summed E-state index contributed by atoms with van der Waals surface area (Å²) in [6, 6.07) is 0. The molecule has 486 valence electrons. The van der Waals surface area contributed by atoms with Crippen molar-refractivity contribution >= 4 is 35.1 Å². The molecule has 5 fully saturated rings. The van der Waals surface area contributed by atoms with Gasteiger partial charge in [-0.3, -0.25) is 24.1 Å². The van der Waals surface area contributed by atoms with Gasteiger partial charge >= 0.3 is 0 Å². The van der Waals surface area contributed by atoms with Crippen molar-refractivity contribution in [2.45, 2.75) is 164 Å². The van der Waals surface area contributed by atoms with Crippen LogP contribution in [0.1, 0.15) is 157 Å². The second-order valence-corrected chi connectivity index (χ2v) is 23.2. The van der Waals surface area contributed by atoms with E-state index in [0.717, 1.165) is 97.2 Å². The smallest absolute Gasteiger partial charge is 0.235 e. The molecule has 1 saturated carbocycles. The number of nitrogens with zero attached hydrogens (tertiary/aromatic N) is 8. The maximum absolute atomic E-state index is 10.8.